The number of nitrogens with zero attached hydrogens (tertiary/aromatic N) is 2. The minimum atomic E-state index is -2.25. The summed E-state index contributed by atoms with van der Waals surface area (Å²) in [6.07, 6.45) is 1.87. The number of unbranched alkanes of at least 4 members (excludes halogenated alkanes) is 1. The highest BCUT2D eigenvalue weighted by molar-refractivity contribution is 5.94. The molecule has 0 radical (unpaired) electrons. The number of fused-ring (bicyclic) bond motifs is 5. The quantitative estimate of drug-likeness (QED) is 0.0378. The maximum absolute atomic E-state index is 17.8. The van der Waals surface area contributed by atoms with Crippen LogP contribution in [0.25, 0.3) is 0 Å². The van der Waals surface area contributed by atoms with Crippen LogP contribution < -0.4 is 10.5 Å². The molecular formula is C40H50FN3O16. The molecule has 1 aromatic rings. The Morgan fingerprint density at radius 1 is 0.983 bits per heavy atom. The zero-order chi connectivity index (χ0) is 44.0. The van der Waals surface area contributed by atoms with Crippen LogP contribution in [0.1, 0.15) is 77.7 Å². The topological polar surface area (TPSA) is 273 Å². The minimum Gasteiger partial charge on any atom is -0.465 e. The Morgan fingerprint density at radius 2 is 1.63 bits per heavy atom. The van der Waals surface area contributed by atoms with Gasteiger partial charge in [0.15, 0.2) is 23.7 Å². The first-order valence-corrected chi connectivity index (χ1v) is 19.7. The second-order valence-corrected chi connectivity index (χ2v) is 16.2. The van der Waals surface area contributed by atoms with Crippen molar-refractivity contribution in [1.29, 1.82) is 0 Å². The molecule has 60 heavy (non-hydrogen) atoms. The van der Waals surface area contributed by atoms with Gasteiger partial charge in [-0.2, -0.15) is 0 Å². The summed E-state index contributed by atoms with van der Waals surface area (Å²) in [5, 5.41) is 30.8. The number of hydrogen-bond acceptors (Lipinski definition) is 17. The van der Waals surface area contributed by atoms with E-state index < -0.39 is 99.3 Å². The summed E-state index contributed by atoms with van der Waals surface area (Å²) in [4.78, 5) is 94.8. The number of hydrogen-bond donors (Lipinski definition) is 2. The van der Waals surface area contributed by atoms with Gasteiger partial charge in [0.1, 0.15) is 11.8 Å². The summed E-state index contributed by atoms with van der Waals surface area (Å²) < 4.78 is 39.5. The first-order valence-electron chi connectivity index (χ1n) is 19.7. The second-order valence-electron chi connectivity index (χ2n) is 16.2. The molecule has 0 bridgehead atoms. The maximum atomic E-state index is 17.8. The lowest BCUT2D eigenvalue weighted by molar-refractivity contribution is -0.757. The molecule has 0 amide bonds. The molecule has 5 rings (SSSR count). The molecule has 0 spiro atoms. The van der Waals surface area contributed by atoms with Crippen molar-refractivity contribution in [3.63, 3.8) is 0 Å². The van der Waals surface area contributed by atoms with Crippen LogP contribution in [0.5, 0.6) is 5.75 Å². The highest BCUT2D eigenvalue weighted by Gasteiger charge is 2.77. The van der Waals surface area contributed by atoms with Crippen molar-refractivity contribution in [2.24, 2.45) is 34.3 Å². The van der Waals surface area contributed by atoms with Gasteiger partial charge in [0, 0.05) is 35.5 Å². The van der Waals surface area contributed by atoms with Gasteiger partial charge in [-0.1, -0.05) is 43.7 Å². The summed E-state index contributed by atoms with van der Waals surface area (Å²) in [6, 6.07) is 4.83. The molecule has 2 unspecified atom stereocenters. The van der Waals surface area contributed by atoms with Gasteiger partial charge in [0.25, 0.3) is 10.2 Å². The van der Waals surface area contributed by atoms with E-state index in [0.29, 0.717) is 24.0 Å². The second kappa shape index (κ2) is 18.4. The number of nitrogens with two attached hydrogens (primary N) is 1. The van der Waals surface area contributed by atoms with Crippen molar-refractivity contribution in [3.05, 3.63) is 73.9 Å². The molecule has 1 aromatic carbocycles. The number of carbonyl (C=O) groups excluding carboxylic acids is 5. The van der Waals surface area contributed by atoms with Gasteiger partial charge < -0.3 is 39.5 Å². The number of benzene rings is 1. The largest absolute Gasteiger partial charge is 0.514 e. The highest BCUT2D eigenvalue weighted by atomic mass is 19.1. The molecule has 20 heteroatoms. The molecule has 4 aliphatic carbocycles. The summed E-state index contributed by atoms with van der Waals surface area (Å²) in [7, 11) is 0. The Hall–Kier alpha value is -5.50. The van der Waals surface area contributed by atoms with Gasteiger partial charge in [-0.3, -0.25) is 19.2 Å². The number of alkyl halides is 1. The number of esters is 2. The lowest BCUT2D eigenvalue weighted by atomic mass is 9.45. The van der Waals surface area contributed by atoms with Crippen molar-refractivity contribution in [2.45, 2.75) is 102 Å². The van der Waals surface area contributed by atoms with Crippen molar-refractivity contribution >= 4 is 29.7 Å². The summed E-state index contributed by atoms with van der Waals surface area (Å²) in [5.74, 6) is -4.89. The molecule has 4 aliphatic rings. The molecule has 0 aliphatic heterocycles. The van der Waals surface area contributed by atoms with Gasteiger partial charge in [-0.25, -0.2) is 9.18 Å². The van der Waals surface area contributed by atoms with Gasteiger partial charge in [0.2, 0.25) is 5.78 Å². The van der Waals surface area contributed by atoms with Gasteiger partial charge in [0.05, 0.1) is 25.9 Å². The zero-order valence-electron chi connectivity index (χ0n) is 33.5. The molecule has 9 atom stereocenters. The number of ketones is 2. The van der Waals surface area contributed by atoms with Crippen molar-refractivity contribution in [3.8, 4) is 5.75 Å². The van der Waals surface area contributed by atoms with Crippen molar-refractivity contribution in [2.75, 3.05) is 26.4 Å². The number of halogens is 1. The van der Waals surface area contributed by atoms with E-state index >= 15 is 4.39 Å². The SMILES string of the molecule is C[C@H]1CC2C3CC=C4CC(=O)C=C[C@]4(C)[C@@]3(F)[C@@H](O)C[C@]2(C)[C@@]1(OC(=O)CCCO[N+](=O)[O-])C(=O)COC(=O)Oc1ccc(C[C@H](N)C(=O)OCCCCO[N+](=O)[O-])cc1. The third-order valence-corrected chi connectivity index (χ3v) is 12.7. The van der Waals surface area contributed by atoms with Gasteiger partial charge in [-0.15, -0.1) is 20.2 Å². The van der Waals surface area contributed by atoms with E-state index in [4.69, 9.17) is 24.7 Å². The lowest BCUT2D eigenvalue weighted by Crippen LogP contribution is -2.69. The number of ether oxygens (including phenoxy) is 4. The number of Topliss-reactive ketones (excluding diaryl/α,β-unsaturated/α-hetero) is 1. The molecule has 0 saturated heterocycles. The molecule has 328 valence electrons. The van der Waals surface area contributed by atoms with Crippen LogP contribution in [0, 0.1) is 48.8 Å². The van der Waals surface area contributed by atoms with E-state index in [9.17, 15) is 49.3 Å². The average molecular weight is 848 g/mol. The molecule has 19 nitrogen and oxygen atoms in total. The predicted octanol–water partition coefficient (Wildman–Crippen LogP) is 4.06. The third kappa shape index (κ3) is 8.98. The van der Waals surface area contributed by atoms with Crippen LogP contribution in [-0.2, 0) is 49.5 Å². The van der Waals surface area contributed by atoms with E-state index in [0.717, 1.165) is 0 Å². The van der Waals surface area contributed by atoms with Crippen molar-refractivity contribution in [1.82, 2.24) is 0 Å². The molecular weight excluding hydrogens is 797 g/mol. The van der Waals surface area contributed by atoms with Crippen LogP contribution in [0.4, 0.5) is 9.18 Å². The summed E-state index contributed by atoms with van der Waals surface area (Å²) in [5.41, 5.74) is 0.102. The molecule has 3 N–H and O–H groups in total. The average Bonchev–Trinajstić information content (AvgIpc) is 3.40. The number of aliphatic hydroxyl groups excluding tert-OH is 1. The molecule has 0 aromatic heterocycles. The standard InChI is InChI=1S/C40H50FN3O16/c1-24-19-30-29-13-10-26-21-27(45)14-15-37(26,2)39(29,41)32(46)22-38(30,3)40(24,60-34(48)7-6-18-58-44(53)54)33(47)23-56-36(50)59-28-11-8-25(9-12-28)20-31(42)35(49)55-16-4-5-17-57-43(51)52/h8-12,14-15,24,29-32,46H,4-7,13,16-23,42H2,1-3H3/t24-,29?,30?,31-,32-,37-,38-,39-,40-/m0/s1. The molecule has 0 heterocycles. The summed E-state index contributed by atoms with van der Waals surface area (Å²) in [6.45, 7) is 3.46. The fourth-order valence-electron chi connectivity index (χ4n) is 9.90. The smallest absolute Gasteiger partial charge is 0.465 e. The lowest BCUT2D eigenvalue weighted by Gasteiger charge is -2.62. The van der Waals surface area contributed by atoms with Crippen molar-refractivity contribution < 1.29 is 72.3 Å². The van der Waals surface area contributed by atoms with E-state index in [1.54, 1.807) is 20.8 Å². The maximum Gasteiger partial charge on any atom is 0.514 e. The summed E-state index contributed by atoms with van der Waals surface area (Å²) >= 11 is 0. The van der Waals surface area contributed by atoms with E-state index in [1.165, 1.54) is 36.4 Å². The van der Waals surface area contributed by atoms with Gasteiger partial charge >= 0.3 is 18.1 Å². The Labute approximate surface area is 343 Å². The first-order chi connectivity index (χ1) is 28.3. The zero-order valence-corrected chi connectivity index (χ0v) is 33.5. The van der Waals surface area contributed by atoms with Gasteiger partial charge in [-0.05, 0) is 81.6 Å². The third-order valence-electron chi connectivity index (χ3n) is 12.7. The molecule has 2 saturated carbocycles. The number of rotatable bonds is 19. The predicted molar refractivity (Wildman–Crippen MR) is 202 cm³/mol. The fraction of sp³-hybridized carbons (Fsp3) is 0.625. The Balaban J connectivity index is 1.27. The first kappa shape index (κ1) is 45.6. The van der Waals surface area contributed by atoms with Crippen LogP contribution >= 0.6 is 0 Å². The number of carbonyl (C=O) groups is 5. The number of allylic oxidation sites excluding steroid dienone is 4. The van der Waals surface area contributed by atoms with E-state index in [2.05, 4.69) is 9.68 Å². The Kier molecular flexibility index (Phi) is 14.0. The van der Waals surface area contributed by atoms with Crippen LogP contribution in [0.2, 0.25) is 0 Å². The highest BCUT2D eigenvalue weighted by Crippen LogP contribution is 2.71. The molecule has 2 fully saturated rings. The van der Waals surface area contributed by atoms with E-state index in [-0.39, 0.29) is 69.7 Å². The minimum absolute atomic E-state index is 0.00474. The van der Waals surface area contributed by atoms with E-state index in [1.807, 2.05) is 6.08 Å². The monoisotopic (exact) mass is 847 g/mol. The number of aliphatic hydroxyl groups is 1. The van der Waals surface area contributed by atoms with Crippen LogP contribution in [-0.4, -0.2) is 94.8 Å². The normalized spacial score (nSPS) is 30.6. The van der Waals surface area contributed by atoms with Crippen LogP contribution in [0.3, 0.4) is 0 Å². The van der Waals surface area contributed by atoms with Crippen LogP contribution in [0.15, 0.2) is 48.1 Å². The Morgan fingerprint density at radius 3 is 2.30 bits per heavy atom. The fourth-order valence-corrected chi connectivity index (χ4v) is 9.90. The Bertz CT molecular complexity index is 1910.